The van der Waals surface area contributed by atoms with Crippen LogP contribution in [0.3, 0.4) is 0 Å². The van der Waals surface area contributed by atoms with E-state index in [0.29, 0.717) is 11.4 Å². The highest BCUT2D eigenvalue weighted by Gasteiger charge is 2.57. The van der Waals surface area contributed by atoms with Crippen LogP contribution in [0.25, 0.3) is 11.4 Å². The quantitative estimate of drug-likeness (QED) is 0.228. The van der Waals surface area contributed by atoms with Crippen molar-refractivity contribution in [2.45, 2.75) is 101 Å². The Labute approximate surface area is 275 Å². The summed E-state index contributed by atoms with van der Waals surface area (Å²) in [4.78, 5) is 0. The molecule has 48 heavy (non-hydrogen) atoms. The molecule has 10 unspecified atom stereocenters. The summed E-state index contributed by atoms with van der Waals surface area (Å²) < 4.78 is 36.8. The number of para-hydroxylation sites is 2. The highest BCUT2D eigenvalue weighted by atomic mass is 16.8. The third-order valence-corrected chi connectivity index (χ3v) is 8.40. The third kappa shape index (κ3) is 6.39. The van der Waals surface area contributed by atoms with Crippen LogP contribution in [0.15, 0.2) is 73.1 Å². The van der Waals surface area contributed by atoms with Crippen molar-refractivity contribution in [1.29, 1.82) is 0 Å². The van der Waals surface area contributed by atoms with Crippen molar-refractivity contribution in [1.82, 2.24) is 30.0 Å². The summed E-state index contributed by atoms with van der Waals surface area (Å²) in [5, 5.41) is 57.8. The fourth-order valence-electron chi connectivity index (χ4n) is 6.13. The topological polar surface area (TPSA) is 198 Å². The summed E-state index contributed by atoms with van der Waals surface area (Å²) in [6, 6.07) is 18.8. The van der Waals surface area contributed by atoms with Crippen LogP contribution in [0.1, 0.15) is 51.3 Å². The van der Waals surface area contributed by atoms with Crippen molar-refractivity contribution in [3.63, 3.8) is 0 Å². The first-order valence-corrected chi connectivity index (χ1v) is 15.6. The maximum atomic E-state index is 10.5. The summed E-state index contributed by atoms with van der Waals surface area (Å²) >= 11 is 0. The second-order valence-electron chi connectivity index (χ2n) is 12.9. The highest BCUT2D eigenvalue weighted by Crippen LogP contribution is 2.42. The second kappa shape index (κ2) is 12.6. The smallest absolute Gasteiger partial charge is 0.190 e. The normalized spacial score (nSPS) is 32.7. The molecule has 16 nitrogen and oxygen atoms in total. The lowest BCUT2D eigenvalue weighted by Gasteiger charge is -2.24. The van der Waals surface area contributed by atoms with Crippen molar-refractivity contribution in [2.75, 3.05) is 0 Å². The van der Waals surface area contributed by atoms with Crippen LogP contribution in [0.2, 0.25) is 0 Å². The molecule has 2 aromatic carbocycles. The number of hydrogen-bond donors (Lipinski definition) is 4. The number of aromatic nitrogens is 6. The average molecular weight is 667 g/mol. The molecular weight excluding hydrogens is 628 g/mol. The molecule has 2 aromatic heterocycles. The average Bonchev–Trinajstić information content (AvgIpc) is 3.92. The largest absolute Gasteiger partial charge is 0.387 e. The minimum atomic E-state index is -1.14. The van der Waals surface area contributed by atoms with Gasteiger partial charge in [0, 0.05) is 0 Å². The number of ether oxygens (including phenoxy) is 6. The van der Waals surface area contributed by atoms with Crippen LogP contribution in [-0.4, -0.2) is 111 Å². The van der Waals surface area contributed by atoms with Gasteiger partial charge >= 0.3 is 0 Å². The van der Waals surface area contributed by atoms with Crippen LogP contribution < -0.4 is 0 Å². The van der Waals surface area contributed by atoms with E-state index in [0.717, 1.165) is 11.4 Å². The number of benzene rings is 2. The van der Waals surface area contributed by atoms with Crippen molar-refractivity contribution in [3.05, 3.63) is 84.4 Å². The fourth-order valence-corrected chi connectivity index (χ4v) is 6.13. The van der Waals surface area contributed by atoms with Crippen molar-refractivity contribution >= 4 is 0 Å². The first-order valence-electron chi connectivity index (χ1n) is 15.6. The van der Waals surface area contributed by atoms with Crippen molar-refractivity contribution in [3.8, 4) is 11.4 Å². The van der Waals surface area contributed by atoms with E-state index in [1.54, 1.807) is 49.5 Å². The predicted octanol–water partition coefficient (Wildman–Crippen LogP) is 1.08. The van der Waals surface area contributed by atoms with E-state index in [1.165, 1.54) is 0 Å². The molecule has 4 N–H and O–H groups in total. The van der Waals surface area contributed by atoms with Crippen LogP contribution in [0.4, 0.5) is 0 Å². The zero-order valence-corrected chi connectivity index (χ0v) is 26.6. The Morgan fingerprint density at radius 2 is 0.979 bits per heavy atom. The number of hydrogen-bond acceptors (Lipinski definition) is 14. The Hall–Kier alpha value is -3.68. The SMILES string of the molecule is CC1(C)OC2OC(C(O)c3cn(-c4ccccc4)nn3)C(O)C2O1.CC1(C)OC2OC(C(O)c3cn(-c4ccccc4)nn3)C(O)C2O1. The summed E-state index contributed by atoms with van der Waals surface area (Å²) in [5.74, 6) is -1.63. The maximum absolute atomic E-state index is 10.5. The molecule has 16 heteroatoms. The fraction of sp³-hybridized carbons (Fsp3) is 0.500. The lowest BCUT2D eigenvalue weighted by atomic mass is 10.0. The molecule has 4 fully saturated rings. The van der Waals surface area contributed by atoms with Crippen LogP contribution in [0.5, 0.6) is 0 Å². The molecule has 0 spiro atoms. The number of fused-ring (bicyclic) bond motifs is 2. The molecule has 4 aromatic rings. The van der Waals surface area contributed by atoms with Crippen molar-refractivity contribution in [2.24, 2.45) is 0 Å². The molecule has 6 heterocycles. The van der Waals surface area contributed by atoms with E-state index in [2.05, 4.69) is 20.6 Å². The molecule has 0 bridgehead atoms. The number of nitrogens with zero attached hydrogens (tertiary/aromatic N) is 6. The molecule has 0 saturated carbocycles. The predicted molar refractivity (Wildman–Crippen MR) is 162 cm³/mol. The summed E-state index contributed by atoms with van der Waals surface area (Å²) in [7, 11) is 0. The Morgan fingerprint density at radius 3 is 1.33 bits per heavy atom. The summed E-state index contributed by atoms with van der Waals surface area (Å²) in [6.07, 6.45) is -5.58. The summed E-state index contributed by atoms with van der Waals surface area (Å²) in [6.45, 7) is 6.99. The van der Waals surface area contributed by atoms with E-state index in [4.69, 9.17) is 28.4 Å². The first-order chi connectivity index (χ1) is 22.9. The van der Waals surface area contributed by atoms with Crippen LogP contribution >= 0.6 is 0 Å². The van der Waals surface area contributed by atoms with Crippen molar-refractivity contribution < 1.29 is 48.8 Å². The minimum Gasteiger partial charge on any atom is -0.387 e. The van der Waals surface area contributed by atoms with E-state index in [9.17, 15) is 20.4 Å². The van der Waals surface area contributed by atoms with Gasteiger partial charge in [0.2, 0.25) is 0 Å². The number of aliphatic hydroxyl groups excluding tert-OH is 4. The first kappa shape index (κ1) is 32.8. The molecular formula is C32H38N6O10. The van der Waals surface area contributed by atoms with Gasteiger partial charge in [-0.25, -0.2) is 9.36 Å². The Kier molecular flexibility index (Phi) is 8.66. The number of aliphatic hydroxyl groups is 4. The molecule has 4 saturated heterocycles. The third-order valence-electron chi connectivity index (χ3n) is 8.40. The Bertz CT molecular complexity index is 1560. The van der Waals surface area contributed by atoms with Gasteiger partial charge in [-0.3, -0.25) is 0 Å². The van der Waals surface area contributed by atoms with E-state index in [1.807, 2.05) is 60.7 Å². The van der Waals surface area contributed by atoms with E-state index >= 15 is 0 Å². The van der Waals surface area contributed by atoms with Gasteiger partial charge in [0.15, 0.2) is 24.2 Å². The molecule has 0 aliphatic carbocycles. The van der Waals surface area contributed by atoms with Gasteiger partial charge in [0.05, 0.1) is 23.8 Å². The lowest BCUT2D eigenvalue weighted by molar-refractivity contribution is -0.226. The molecule has 4 aliphatic rings. The van der Waals surface area contributed by atoms with Gasteiger partial charge in [0.25, 0.3) is 0 Å². The van der Waals surface area contributed by atoms with Crippen LogP contribution in [-0.2, 0) is 28.4 Å². The van der Waals surface area contributed by atoms with E-state index < -0.39 is 73.0 Å². The second-order valence-corrected chi connectivity index (χ2v) is 12.9. The van der Waals surface area contributed by atoms with Gasteiger partial charge in [-0.1, -0.05) is 46.8 Å². The van der Waals surface area contributed by atoms with Gasteiger partial charge in [-0.15, -0.1) is 10.2 Å². The maximum Gasteiger partial charge on any atom is 0.190 e. The standard InChI is InChI=1S/2C16H19N3O5/c2*1-16(2)23-14-12(21)13(22-15(14)24-16)11(20)10-8-19(18-17-10)9-6-4-3-5-7-9/h2*3-8,11-15,20-21H,1-2H3. The zero-order valence-electron chi connectivity index (χ0n) is 26.6. The van der Waals surface area contributed by atoms with Crippen LogP contribution in [0, 0.1) is 0 Å². The molecule has 10 atom stereocenters. The Balaban J connectivity index is 0.000000152. The monoisotopic (exact) mass is 666 g/mol. The number of rotatable bonds is 6. The van der Waals surface area contributed by atoms with Gasteiger partial charge < -0.3 is 48.8 Å². The molecule has 256 valence electrons. The highest BCUT2D eigenvalue weighted by molar-refractivity contribution is 5.31. The molecule has 0 amide bonds. The van der Waals surface area contributed by atoms with E-state index in [-0.39, 0.29) is 0 Å². The van der Waals surface area contributed by atoms with Gasteiger partial charge in [-0.05, 0) is 52.0 Å². The zero-order chi connectivity index (χ0) is 33.8. The minimum absolute atomic E-state index is 0.308. The summed E-state index contributed by atoms with van der Waals surface area (Å²) in [5.41, 5.74) is 2.26. The molecule has 4 aliphatic heterocycles. The van der Waals surface area contributed by atoms with Gasteiger partial charge in [0.1, 0.15) is 60.2 Å². The molecule has 8 rings (SSSR count). The molecule has 0 radical (unpaired) electrons. The van der Waals surface area contributed by atoms with Gasteiger partial charge in [-0.2, -0.15) is 0 Å². The lowest BCUT2D eigenvalue weighted by Crippen LogP contribution is -2.37. The Morgan fingerprint density at radius 1 is 0.604 bits per heavy atom.